The normalized spacial score (nSPS) is 11.5. The number of benzene rings is 5. The summed E-state index contributed by atoms with van der Waals surface area (Å²) in [5, 5.41) is 6.81. The monoisotopic (exact) mass is 597 g/mol. The molecule has 1 N–H and O–H groups in total. The third-order valence-corrected chi connectivity index (χ3v) is 8.55. The van der Waals surface area contributed by atoms with E-state index in [4.69, 9.17) is 16.3 Å². The van der Waals surface area contributed by atoms with Gasteiger partial charge < -0.3 is 4.74 Å². The number of amides is 1. The van der Waals surface area contributed by atoms with Crippen molar-refractivity contribution >= 4 is 50.2 Å². The summed E-state index contributed by atoms with van der Waals surface area (Å²) in [5.74, 6) is 0.0940. The van der Waals surface area contributed by atoms with Gasteiger partial charge in [0.2, 0.25) is 0 Å². The number of carbonyl (C=O) groups is 1. The van der Waals surface area contributed by atoms with Gasteiger partial charge in [0.05, 0.1) is 16.8 Å². The quantitative estimate of drug-likeness (QED) is 0.143. The average molecular weight is 598 g/mol. The molecular formula is C33H28ClN3O4S. The van der Waals surface area contributed by atoms with Gasteiger partial charge in [0.15, 0.2) is 0 Å². The molecule has 0 heterocycles. The van der Waals surface area contributed by atoms with Gasteiger partial charge >= 0.3 is 0 Å². The third kappa shape index (κ3) is 7.15. The molecule has 0 aromatic heterocycles. The lowest BCUT2D eigenvalue weighted by molar-refractivity contribution is -0.119. The molecule has 212 valence electrons. The number of sulfonamides is 1. The van der Waals surface area contributed by atoms with Gasteiger partial charge in [-0.15, -0.1) is 0 Å². The van der Waals surface area contributed by atoms with Crippen molar-refractivity contribution in [1.82, 2.24) is 5.43 Å². The van der Waals surface area contributed by atoms with Crippen molar-refractivity contribution in [3.05, 3.63) is 137 Å². The van der Waals surface area contributed by atoms with Crippen LogP contribution >= 0.6 is 11.6 Å². The minimum absolute atomic E-state index is 0.0716. The number of hydrogen-bond donors (Lipinski definition) is 1. The van der Waals surface area contributed by atoms with E-state index >= 15 is 0 Å². The predicted octanol–water partition coefficient (Wildman–Crippen LogP) is 6.73. The Morgan fingerprint density at radius 1 is 0.881 bits per heavy atom. The van der Waals surface area contributed by atoms with Crippen molar-refractivity contribution in [1.29, 1.82) is 0 Å². The molecule has 0 aliphatic heterocycles. The SMILES string of the molecule is Cc1ccc(S(=O)(=O)N(CC(=O)N/N=C\c2ccc(OCc3ccc4ccccc4c3)cc2)c2ccc(Cl)cc2)cc1. The summed E-state index contributed by atoms with van der Waals surface area (Å²) in [7, 11) is -4.03. The van der Waals surface area contributed by atoms with E-state index in [-0.39, 0.29) is 4.90 Å². The highest BCUT2D eigenvalue weighted by molar-refractivity contribution is 7.92. The van der Waals surface area contributed by atoms with Crippen LogP contribution in [0.4, 0.5) is 5.69 Å². The zero-order chi connectivity index (χ0) is 29.5. The predicted molar refractivity (Wildman–Crippen MR) is 168 cm³/mol. The Morgan fingerprint density at radius 2 is 1.57 bits per heavy atom. The van der Waals surface area contributed by atoms with Crippen LogP contribution in [0.3, 0.4) is 0 Å². The lowest BCUT2D eigenvalue weighted by Gasteiger charge is -2.23. The van der Waals surface area contributed by atoms with Crippen molar-refractivity contribution in [2.75, 3.05) is 10.8 Å². The number of nitrogens with zero attached hydrogens (tertiary/aromatic N) is 2. The lowest BCUT2D eigenvalue weighted by atomic mass is 10.1. The molecule has 0 aliphatic rings. The maximum Gasteiger partial charge on any atom is 0.264 e. The molecule has 9 heteroatoms. The molecule has 5 rings (SSSR count). The Labute approximate surface area is 250 Å². The van der Waals surface area contributed by atoms with E-state index in [1.807, 2.05) is 49.4 Å². The van der Waals surface area contributed by atoms with Gasteiger partial charge in [-0.25, -0.2) is 13.8 Å². The topological polar surface area (TPSA) is 88.1 Å². The largest absolute Gasteiger partial charge is 0.489 e. The number of hydrazone groups is 1. The number of anilines is 1. The molecule has 7 nitrogen and oxygen atoms in total. The van der Waals surface area contributed by atoms with Crippen molar-refractivity contribution in [2.45, 2.75) is 18.4 Å². The van der Waals surface area contributed by atoms with Gasteiger partial charge in [-0.3, -0.25) is 9.10 Å². The molecule has 0 unspecified atom stereocenters. The number of rotatable bonds is 10. The molecule has 0 radical (unpaired) electrons. The maximum atomic E-state index is 13.5. The molecule has 0 fully saturated rings. The standard InChI is InChI=1S/C33H28ClN3O4S/c1-24-6-18-32(19-7-24)42(39,40)37(30-14-12-29(34)13-15-30)22-33(38)36-35-21-25-9-16-31(17-10-25)41-23-26-8-11-27-4-2-3-5-28(27)20-26/h2-21H,22-23H2,1H3,(H,36,38)/b35-21-. The fourth-order valence-electron chi connectivity index (χ4n) is 4.25. The van der Waals surface area contributed by atoms with Gasteiger partial charge in [-0.1, -0.05) is 65.7 Å². The van der Waals surface area contributed by atoms with Crippen molar-refractivity contribution < 1.29 is 17.9 Å². The number of carbonyl (C=O) groups excluding carboxylic acids is 1. The zero-order valence-corrected chi connectivity index (χ0v) is 24.3. The molecule has 1 amide bonds. The molecule has 5 aromatic carbocycles. The van der Waals surface area contributed by atoms with E-state index in [2.05, 4.69) is 34.8 Å². The Kier molecular flexibility index (Phi) is 8.85. The highest BCUT2D eigenvalue weighted by Crippen LogP contribution is 2.25. The summed E-state index contributed by atoms with van der Waals surface area (Å²) in [5.41, 5.74) is 5.44. The van der Waals surface area contributed by atoms with Crippen molar-refractivity contribution in [2.24, 2.45) is 5.10 Å². The lowest BCUT2D eigenvalue weighted by Crippen LogP contribution is -2.39. The minimum atomic E-state index is -4.03. The Bertz CT molecular complexity index is 1820. The van der Waals surface area contributed by atoms with Crippen LogP contribution in [0.15, 0.2) is 125 Å². The van der Waals surface area contributed by atoms with Crippen molar-refractivity contribution in [3.8, 4) is 5.75 Å². The molecule has 42 heavy (non-hydrogen) atoms. The van der Waals surface area contributed by atoms with Crippen LogP contribution < -0.4 is 14.5 Å². The average Bonchev–Trinajstić information content (AvgIpc) is 3.00. The van der Waals surface area contributed by atoms with E-state index < -0.39 is 22.5 Å². The van der Waals surface area contributed by atoms with Gasteiger partial charge in [0.1, 0.15) is 18.9 Å². The van der Waals surface area contributed by atoms with Crippen LogP contribution in [0.1, 0.15) is 16.7 Å². The Hall–Kier alpha value is -4.66. The summed E-state index contributed by atoms with van der Waals surface area (Å²) in [6.07, 6.45) is 1.48. The number of ether oxygens (including phenoxy) is 1. The molecule has 0 saturated heterocycles. The summed E-state index contributed by atoms with van der Waals surface area (Å²) in [4.78, 5) is 12.9. The van der Waals surface area contributed by atoms with E-state index in [1.54, 1.807) is 36.4 Å². The number of halogens is 1. The highest BCUT2D eigenvalue weighted by atomic mass is 35.5. The maximum absolute atomic E-state index is 13.5. The summed E-state index contributed by atoms with van der Waals surface area (Å²) >= 11 is 6.00. The molecule has 0 aliphatic carbocycles. The molecule has 0 spiro atoms. The fourth-order valence-corrected chi connectivity index (χ4v) is 5.80. The van der Waals surface area contributed by atoms with Crippen molar-refractivity contribution in [3.63, 3.8) is 0 Å². The Morgan fingerprint density at radius 3 is 2.29 bits per heavy atom. The van der Waals surface area contributed by atoms with Crippen LogP contribution in [-0.4, -0.2) is 27.1 Å². The van der Waals surface area contributed by atoms with Gasteiger partial charge in [-0.2, -0.15) is 5.10 Å². The summed E-state index contributed by atoms with van der Waals surface area (Å²) < 4.78 is 33.9. The van der Waals surface area contributed by atoms with Crippen LogP contribution in [0, 0.1) is 6.92 Å². The molecule has 0 saturated carbocycles. The van der Waals surface area contributed by atoms with E-state index in [0.717, 1.165) is 26.4 Å². The zero-order valence-electron chi connectivity index (χ0n) is 22.8. The van der Waals surface area contributed by atoms with Gasteiger partial charge in [0.25, 0.3) is 15.9 Å². The van der Waals surface area contributed by atoms with Crippen LogP contribution in [0.5, 0.6) is 5.75 Å². The number of fused-ring (bicyclic) bond motifs is 1. The van der Waals surface area contributed by atoms with Gasteiger partial charge in [-0.05, 0) is 95.6 Å². The first-order valence-corrected chi connectivity index (χ1v) is 15.0. The smallest absolute Gasteiger partial charge is 0.264 e. The first-order valence-electron chi connectivity index (χ1n) is 13.2. The van der Waals surface area contributed by atoms with Crippen LogP contribution in [0.25, 0.3) is 10.8 Å². The fraction of sp³-hybridized carbons (Fsp3) is 0.0909. The number of nitrogens with one attached hydrogen (secondary N) is 1. The second kappa shape index (κ2) is 12.9. The Balaban J connectivity index is 1.21. The summed E-state index contributed by atoms with van der Waals surface area (Å²) in [6.45, 7) is 1.83. The molecule has 0 atom stereocenters. The third-order valence-electron chi connectivity index (χ3n) is 6.51. The first-order chi connectivity index (χ1) is 20.3. The number of hydrogen-bond acceptors (Lipinski definition) is 5. The van der Waals surface area contributed by atoms with Crippen LogP contribution in [-0.2, 0) is 21.4 Å². The van der Waals surface area contributed by atoms with E-state index in [9.17, 15) is 13.2 Å². The van der Waals surface area contributed by atoms with E-state index in [0.29, 0.717) is 23.1 Å². The minimum Gasteiger partial charge on any atom is -0.489 e. The van der Waals surface area contributed by atoms with Crippen LogP contribution in [0.2, 0.25) is 5.02 Å². The number of aryl methyl sites for hydroxylation is 1. The first kappa shape index (κ1) is 28.9. The molecule has 0 bridgehead atoms. The highest BCUT2D eigenvalue weighted by Gasteiger charge is 2.27. The second-order valence-electron chi connectivity index (χ2n) is 9.63. The second-order valence-corrected chi connectivity index (χ2v) is 11.9. The summed E-state index contributed by atoms with van der Waals surface area (Å²) in [6, 6.07) is 34.4. The molecule has 5 aromatic rings. The van der Waals surface area contributed by atoms with E-state index in [1.165, 1.54) is 23.7 Å². The molecular weight excluding hydrogens is 570 g/mol. The van der Waals surface area contributed by atoms with Gasteiger partial charge in [0, 0.05) is 5.02 Å².